The number of nitrogens with zero attached hydrogens (tertiary/aromatic N) is 3. The molecule has 1 aliphatic rings. The van der Waals surface area contributed by atoms with Gasteiger partial charge in [-0.05, 0) is 55.3 Å². The molecule has 25 heavy (non-hydrogen) atoms. The molecular formula is C20H20FN3O. The topological polar surface area (TPSA) is 42.2 Å². The molecular weight excluding hydrogens is 317 g/mol. The summed E-state index contributed by atoms with van der Waals surface area (Å²) in [5.74, 6) is 0.579. The van der Waals surface area contributed by atoms with Crippen LogP contribution in [0.5, 0.6) is 0 Å². The maximum absolute atomic E-state index is 13.1. The van der Waals surface area contributed by atoms with Gasteiger partial charge in [0.1, 0.15) is 11.5 Å². The first kappa shape index (κ1) is 16.0. The summed E-state index contributed by atoms with van der Waals surface area (Å²) in [5.41, 5.74) is 2.85. The van der Waals surface area contributed by atoms with E-state index in [2.05, 4.69) is 21.1 Å². The van der Waals surface area contributed by atoms with Crippen LogP contribution in [0.3, 0.4) is 0 Å². The number of rotatable bonds is 4. The van der Waals surface area contributed by atoms with Crippen molar-refractivity contribution in [3.8, 4) is 11.3 Å². The van der Waals surface area contributed by atoms with Gasteiger partial charge < -0.3 is 4.52 Å². The Morgan fingerprint density at radius 3 is 2.84 bits per heavy atom. The van der Waals surface area contributed by atoms with Crippen molar-refractivity contribution in [3.63, 3.8) is 0 Å². The number of benzene rings is 1. The van der Waals surface area contributed by atoms with Gasteiger partial charge in [0.2, 0.25) is 0 Å². The number of hydrogen-bond donors (Lipinski definition) is 0. The van der Waals surface area contributed by atoms with Gasteiger partial charge in [-0.1, -0.05) is 17.6 Å². The maximum atomic E-state index is 13.1. The molecule has 0 N–H and O–H groups in total. The minimum absolute atomic E-state index is 0.250. The molecule has 0 aliphatic carbocycles. The molecule has 3 heterocycles. The minimum Gasteiger partial charge on any atom is -0.359 e. The van der Waals surface area contributed by atoms with Crippen molar-refractivity contribution < 1.29 is 8.91 Å². The van der Waals surface area contributed by atoms with Crippen molar-refractivity contribution in [3.05, 3.63) is 72.0 Å². The molecule has 0 spiro atoms. The van der Waals surface area contributed by atoms with E-state index in [0.29, 0.717) is 12.6 Å². The lowest BCUT2D eigenvalue weighted by atomic mass is 9.96. The summed E-state index contributed by atoms with van der Waals surface area (Å²) >= 11 is 0. The van der Waals surface area contributed by atoms with Gasteiger partial charge in [-0.15, -0.1) is 0 Å². The van der Waals surface area contributed by atoms with Crippen molar-refractivity contribution in [1.82, 2.24) is 15.0 Å². The molecule has 2 aromatic heterocycles. The van der Waals surface area contributed by atoms with Gasteiger partial charge in [0.05, 0.1) is 6.54 Å². The third-order valence-electron chi connectivity index (χ3n) is 4.74. The van der Waals surface area contributed by atoms with E-state index < -0.39 is 0 Å². The number of pyridine rings is 1. The number of hydrogen-bond acceptors (Lipinski definition) is 4. The highest BCUT2D eigenvalue weighted by atomic mass is 19.1. The van der Waals surface area contributed by atoms with E-state index >= 15 is 0 Å². The largest absolute Gasteiger partial charge is 0.359 e. The summed E-state index contributed by atoms with van der Waals surface area (Å²) in [7, 11) is 0. The molecule has 1 aromatic carbocycles. The van der Waals surface area contributed by atoms with E-state index in [-0.39, 0.29) is 5.82 Å². The summed E-state index contributed by atoms with van der Waals surface area (Å²) in [5, 5.41) is 4.14. The van der Waals surface area contributed by atoms with Crippen molar-refractivity contribution in [2.75, 3.05) is 6.54 Å². The van der Waals surface area contributed by atoms with Crippen molar-refractivity contribution in [2.45, 2.75) is 31.8 Å². The van der Waals surface area contributed by atoms with Crippen LogP contribution in [0.2, 0.25) is 0 Å². The Morgan fingerprint density at radius 2 is 2.04 bits per heavy atom. The van der Waals surface area contributed by atoms with E-state index in [9.17, 15) is 4.39 Å². The molecule has 0 radical (unpaired) electrons. The molecule has 128 valence electrons. The fourth-order valence-corrected chi connectivity index (χ4v) is 3.48. The molecule has 1 aliphatic heterocycles. The van der Waals surface area contributed by atoms with E-state index in [1.165, 1.54) is 30.5 Å². The standard InChI is InChI=1S/C20H20FN3O/c21-17-8-6-15(7-9-17)19-12-18(25-23-19)14-24-11-2-1-5-20(24)16-4-3-10-22-13-16/h3-4,6-10,12-13,20H,1-2,5,11,14H2/t20-/m0/s1. The molecule has 0 unspecified atom stereocenters. The monoisotopic (exact) mass is 337 g/mol. The Bertz CT molecular complexity index is 816. The minimum atomic E-state index is -0.250. The highest BCUT2D eigenvalue weighted by Crippen LogP contribution is 2.32. The second kappa shape index (κ2) is 7.15. The van der Waals surface area contributed by atoms with E-state index in [0.717, 1.165) is 30.0 Å². The van der Waals surface area contributed by atoms with Crippen molar-refractivity contribution >= 4 is 0 Å². The van der Waals surface area contributed by atoms with Crippen LogP contribution < -0.4 is 0 Å². The Labute approximate surface area is 146 Å². The van der Waals surface area contributed by atoms with Crippen LogP contribution >= 0.6 is 0 Å². The molecule has 0 saturated carbocycles. The predicted molar refractivity (Wildman–Crippen MR) is 93.1 cm³/mol. The van der Waals surface area contributed by atoms with Crippen LogP contribution in [0, 0.1) is 5.82 Å². The zero-order chi connectivity index (χ0) is 17.1. The summed E-state index contributed by atoms with van der Waals surface area (Å²) in [6.45, 7) is 1.75. The third-order valence-corrected chi connectivity index (χ3v) is 4.74. The first-order valence-corrected chi connectivity index (χ1v) is 8.65. The Balaban J connectivity index is 1.51. The fourth-order valence-electron chi connectivity index (χ4n) is 3.48. The van der Waals surface area contributed by atoms with E-state index in [1.807, 2.05) is 24.5 Å². The smallest absolute Gasteiger partial charge is 0.151 e. The molecule has 1 saturated heterocycles. The molecule has 0 bridgehead atoms. The highest BCUT2D eigenvalue weighted by Gasteiger charge is 2.25. The van der Waals surface area contributed by atoms with Crippen LogP contribution in [-0.2, 0) is 6.54 Å². The number of aromatic nitrogens is 2. The fraction of sp³-hybridized carbons (Fsp3) is 0.300. The summed E-state index contributed by atoms with van der Waals surface area (Å²) in [6, 6.07) is 12.7. The molecule has 4 rings (SSSR count). The quantitative estimate of drug-likeness (QED) is 0.697. The van der Waals surface area contributed by atoms with Crippen LogP contribution in [0.1, 0.15) is 36.6 Å². The van der Waals surface area contributed by atoms with Crippen LogP contribution in [0.25, 0.3) is 11.3 Å². The Morgan fingerprint density at radius 1 is 1.16 bits per heavy atom. The number of likely N-dealkylation sites (tertiary alicyclic amines) is 1. The average Bonchev–Trinajstić information content (AvgIpc) is 3.12. The maximum Gasteiger partial charge on any atom is 0.151 e. The van der Waals surface area contributed by atoms with Gasteiger partial charge >= 0.3 is 0 Å². The number of halogens is 1. The van der Waals surface area contributed by atoms with Crippen LogP contribution in [-0.4, -0.2) is 21.6 Å². The molecule has 1 atom stereocenters. The molecule has 5 heteroatoms. The Kier molecular flexibility index (Phi) is 4.57. The summed E-state index contributed by atoms with van der Waals surface area (Å²) in [6.07, 6.45) is 7.31. The zero-order valence-electron chi connectivity index (χ0n) is 13.9. The van der Waals surface area contributed by atoms with E-state index in [1.54, 1.807) is 12.1 Å². The summed E-state index contributed by atoms with van der Waals surface area (Å²) < 4.78 is 18.6. The highest BCUT2D eigenvalue weighted by molar-refractivity contribution is 5.58. The first-order valence-electron chi connectivity index (χ1n) is 8.65. The lowest BCUT2D eigenvalue weighted by Crippen LogP contribution is -2.32. The van der Waals surface area contributed by atoms with Gasteiger partial charge in [-0.2, -0.15) is 0 Å². The SMILES string of the molecule is Fc1ccc(-c2cc(CN3CCCC[C@H]3c3cccnc3)on2)cc1. The molecule has 3 aromatic rings. The van der Waals surface area contributed by atoms with Gasteiger partial charge in [0, 0.05) is 30.1 Å². The van der Waals surface area contributed by atoms with Gasteiger partial charge in [-0.25, -0.2) is 4.39 Å². The van der Waals surface area contributed by atoms with Crippen molar-refractivity contribution in [2.24, 2.45) is 0 Å². The third kappa shape index (κ3) is 3.61. The second-order valence-corrected chi connectivity index (χ2v) is 6.45. The molecule has 0 amide bonds. The number of piperidine rings is 1. The molecule has 1 fully saturated rings. The zero-order valence-corrected chi connectivity index (χ0v) is 13.9. The Hall–Kier alpha value is -2.53. The second-order valence-electron chi connectivity index (χ2n) is 6.45. The lowest BCUT2D eigenvalue weighted by Gasteiger charge is -2.35. The van der Waals surface area contributed by atoms with Gasteiger partial charge in [0.15, 0.2) is 5.76 Å². The summed E-state index contributed by atoms with van der Waals surface area (Å²) in [4.78, 5) is 6.69. The first-order chi connectivity index (χ1) is 12.3. The lowest BCUT2D eigenvalue weighted by molar-refractivity contribution is 0.126. The van der Waals surface area contributed by atoms with Crippen LogP contribution in [0.4, 0.5) is 4.39 Å². The van der Waals surface area contributed by atoms with E-state index in [4.69, 9.17) is 4.52 Å². The normalized spacial score (nSPS) is 18.4. The average molecular weight is 337 g/mol. The van der Waals surface area contributed by atoms with Gasteiger partial charge in [0.25, 0.3) is 0 Å². The predicted octanol–water partition coefficient (Wildman–Crippen LogP) is 4.60. The van der Waals surface area contributed by atoms with Crippen molar-refractivity contribution in [1.29, 1.82) is 0 Å². The van der Waals surface area contributed by atoms with Crippen LogP contribution in [0.15, 0.2) is 59.4 Å². The van der Waals surface area contributed by atoms with Gasteiger partial charge in [-0.3, -0.25) is 9.88 Å². The molecule has 4 nitrogen and oxygen atoms in total.